The van der Waals surface area contributed by atoms with Gasteiger partial charge in [-0.3, -0.25) is 14.5 Å². The van der Waals surface area contributed by atoms with Gasteiger partial charge >= 0.3 is 0 Å². The maximum Gasteiger partial charge on any atom is 0.237 e. The molecule has 1 saturated heterocycles. The van der Waals surface area contributed by atoms with Crippen LogP contribution < -0.4 is 5.32 Å². The van der Waals surface area contributed by atoms with Crippen LogP contribution in [-0.4, -0.2) is 53.8 Å². The number of nitriles is 1. The first kappa shape index (κ1) is 20.3. The van der Waals surface area contributed by atoms with E-state index < -0.39 is 0 Å². The number of hydrogen-bond donors (Lipinski definition) is 1. The fourth-order valence-electron chi connectivity index (χ4n) is 4.80. The smallest absolute Gasteiger partial charge is 0.237 e. The molecule has 0 bridgehead atoms. The highest BCUT2D eigenvalue weighted by Crippen LogP contribution is 2.50. The van der Waals surface area contributed by atoms with E-state index in [2.05, 4.69) is 34.5 Å². The fraction of sp³-hybridized carbons (Fsp3) is 0.591. The molecule has 2 amide bonds. The average Bonchev–Trinajstić information content (AvgIpc) is 2.94. The molecular formula is C22H30N4O2. The second-order valence-electron chi connectivity index (χ2n) is 8.37. The zero-order valence-corrected chi connectivity index (χ0v) is 17.1. The Balaban J connectivity index is 1.67. The number of rotatable bonds is 5. The Bertz CT molecular complexity index is 775. The van der Waals surface area contributed by atoms with Gasteiger partial charge in [-0.15, -0.1) is 0 Å². The molecule has 1 aliphatic heterocycles. The van der Waals surface area contributed by atoms with Crippen molar-refractivity contribution in [3.63, 3.8) is 0 Å². The number of carbonyl (C=O) groups is 2. The molecule has 1 N–H and O–H groups in total. The number of carbonyl (C=O) groups excluding carboxylic acids is 2. The van der Waals surface area contributed by atoms with Crippen LogP contribution in [-0.2, 0) is 15.0 Å². The number of fused-ring (bicyclic) bond motifs is 2. The summed E-state index contributed by atoms with van der Waals surface area (Å²) in [6.07, 6.45) is 2.89. The summed E-state index contributed by atoms with van der Waals surface area (Å²) in [5.74, 6) is 0.0293. The number of nitrogens with zero attached hydrogens (tertiary/aromatic N) is 3. The van der Waals surface area contributed by atoms with Gasteiger partial charge in [0.1, 0.15) is 6.54 Å². The van der Waals surface area contributed by atoms with Gasteiger partial charge in [0.05, 0.1) is 18.7 Å². The van der Waals surface area contributed by atoms with Crippen molar-refractivity contribution in [2.45, 2.75) is 57.5 Å². The van der Waals surface area contributed by atoms with Gasteiger partial charge in [-0.25, -0.2) is 0 Å². The van der Waals surface area contributed by atoms with Crippen LogP contribution in [0, 0.1) is 11.3 Å². The zero-order chi connectivity index (χ0) is 20.3. The Labute approximate surface area is 167 Å². The van der Waals surface area contributed by atoms with Crippen LogP contribution in [0.3, 0.4) is 0 Å². The lowest BCUT2D eigenvalue weighted by Crippen LogP contribution is -2.48. The highest BCUT2D eigenvalue weighted by Gasteiger charge is 2.45. The molecule has 6 heteroatoms. The van der Waals surface area contributed by atoms with Gasteiger partial charge in [0.2, 0.25) is 11.8 Å². The van der Waals surface area contributed by atoms with E-state index in [0.29, 0.717) is 6.54 Å². The van der Waals surface area contributed by atoms with Gasteiger partial charge in [0.15, 0.2) is 0 Å². The second-order valence-corrected chi connectivity index (χ2v) is 8.37. The minimum Gasteiger partial charge on any atom is -0.349 e. The third kappa shape index (κ3) is 4.05. The van der Waals surface area contributed by atoms with Crippen molar-refractivity contribution in [2.24, 2.45) is 0 Å². The molecule has 0 aromatic heterocycles. The first-order chi connectivity index (χ1) is 13.4. The standard InChI is InChI=1S/C22H30N4O2/c1-16(2)26(13-10-23)21(28)15-25-11-8-22(9-12-25)14-20(24-17(3)27)18-6-4-5-7-19(18)22/h4-7,16,20H,8-9,11-15H2,1-3H3,(H,24,27)/t20-/m0/s1. The van der Waals surface area contributed by atoms with Crippen LogP contribution in [0.1, 0.15) is 57.2 Å². The minimum absolute atomic E-state index is 0.00570. The van der Waals surface area contributed by atoms with Crippen LogP contribution in [0.5, 0.6) is 0 Å². The van der Waals surface area contributed by atoms with Gasteiger partial charge in [-0.2, -0.15) is 5.26 Å². The van der Waals surface area contributed by atoms with E-state index >= 15 is 0 Å². The maximum absolute atomic E-state index is 12.6. The predicted molar refractivity (Wildman–Crippen MR) is 107 cm³/mol. The Morgan fingerprint density at radius 3 is 2.61 bits per heavy atom. The summed E-state index contributed by atoms with van der Waals surface area (Å²) >= 11 is 0. The van der Waals surface area contributed by atoms with Crippen LogP contribution in [0.4, 0.5) is 0 Å². The summed E-state index contributed by atoms with van der Waals surface area (Å²) in [7, 11) is 0. The van der Waals surface area contributed by atoms with Gasteiger partial charge in [-0.1, -0.05) is 24.3 Å². The molecule has 2 aliphatic rings. The predicted octanol–water partition coefficient (Wildman–Crippen LogP) is 2.36. The second kappa shape index (κ2) is 8.32. The summed E-state index contributed by atoms with van der Waals surface area (Å²) in [6, 6.07) is 10.6. The zero-order valence-electron chi connectivity index (χ0n) is 17.1. The number of nitrogens with one attached hydrogen (secondary N) is 1. The Hall–Kier alpha value is -2.39. The molecule has 1 atom stereocenters. The topological polar surface area (TPSA) is 76.4 Å². The van der Waals surface area contributed by atoms with Gasteiger partial charge < -0.3 is 10.2 Å². The number of piperidine rings is 1. The first-order valence-electron chi connectivity index (χ1n) is 10.1. The van der Waals surface area contributed by atoms with Crippen molar-refractivity contribution in [1.82, 2.24) is 15.1 Å². The molecule has 6 nitrogen and oxygen atoms in total. The number of likely N-dealkylation sites (tertiary alicyclic amines) is 1. The summed E-state index contributed by atoms with van der Waals surface area (Å²) in [5, 5.41) is 12.1. The molecule has 1 aliphatic carbocycles. The van der Waals surface area contributed by atoms with Gasteiger partial charge in [0.25, 0.3) is 0 Å². The van der Waals surface area contributed by atoms with E-state index in [1.165, 1.54) is 11.1 Å². The molecule has 0 saturated carbocycles. The highest BCUT2D eigenvalue weighted by atomic mass is 16.2. The normalized spacial score (nSPS) is 20.6. The Morgan fingerprint density at radius 2 is 2.00 bits per heavy atom. The van der Waals surface area contributed by atoms with E-state index in [4.69, 9.17) is 5.26 Å². The summed E-state index contributed by atoms with van der Waals surface area (Å²) < 4.78 is 0. The molecule has 0 radical (unpaired) electrons. The van der Waals surface area contributed by atoms with E-state index in [1.54, 1.807) is 11.8 Å². The van der Waals surface area contributed by atoms with Crippen LogP contribution in [0.25, 0.3) is 0 Å². The lowest BCUT2D eigenvalue weighted by molar-refractivity contribution is -0.134. The van der Waals surface area contributed by atoms with E-state index in [1.807, 2.05) is 19.9 Å². The average molecular weight is 383 g/mol. The van der Waals surface area contributed by atoms with E-state index in [9.17, 15) is 9.59 Å². The molecule has 0 unspecified atom stereocenters. The molecule has 3 rings (SSSR count). The third-order valence-corrected chi connectivity index (χ3v) is 6.24. The summed E-state index contributed by atoms with van der Waals surface area (Å²) in [6.45, 7) is 7.67. The van der Waals surface area contributed by atoms with Gasteiger partial charge in [0, 0.05) is 18.4 Å². The van der Waals surface area contributed by atoms with Gasteiger partial charge in [-0.05, 0) is 57.3 Å². The van der Waals surface area contributed by atoms with Crippen molar-refractivity contribution < 1.29 is 9.59 Å². The molecular weight excluding hydrogens is 352 g/mol. The van der Waals surface area contributed by atoms with Crippen LogP contribution in [0.2, 0.25) is 0 Å². The SMILES string of the molecule is CC(=O)N[C@H]1CC2(CCN(CC(=O)N(CC#N)C(C)C)CC2)c2ccccc21. The number of hydrogen-bond acceptors (Lipinski definition) is 4. The lowest BCUT2D eigenvalue weighted by Gasteiger charge is -2.40. The quantitative estimate of drug-likeness (QED) is 0.793. The van der Waals surface area contributed by atoms with E-state index in [-0.39, 0.29) is 35.9 Å². The van der Waals surface area contributed by atoms with Crippen molar-refractivity contribution in [2.75, 3.05) is 26.2 Å². The van der Waals surface area contributed by atoms with Crippen LogP contribution >= 0.6 is 0 Å². The summed E-state index contributed by atoms with van der Waals surface area (Å²) in [4.78, 5) is 28.1. The minimum atomic E-state index is 0.00570. The maximum atomic E-state index is 12.6. The molecule has 1 spiro atoms. The summed E-state index contributed by atoms with van der Waals surface area (Å²) in [5.41, 5.74) is 2.67. The monoisotopic (exact) mass is 382 g/mol. The first-order valence-corrected chi connectivity index (χ1v) is 10.1. The van der Waals surface area contributed by atoms with E-state index in [0.717, 1.165) is 32.4 Å². The number of benzene rings is 1. The molecule has 1 aromatic rings. The van der Waals surface area contributed by atoms with Crippen LogP contribution in [0.15, 0.2) is 24.3 Å². The Kier molecular flexibility index (Phi) is 6.04. The molecule has 1 heterocycles. The molecule has 150 valence electrons. The number of amides is 2. The fourth-order valence-corrected chi connectivity index (χ4v) is 4.80. The third-order valence-electron chi connectivity index (χ3n) is 6.24. The molecule has 1 aromatic carbocycles. The largest absolute Gasteiger partial charge is 0.349 e. The van der Waals surface area contributed by atoms with Crippen molar-refractivity contribution >= 4 is 11.8 Å². The lowest BCUT2D eigenvalue weighted by atomic mass is 9.73. The molecule has 1 fully saturated rings. The van der Waals surface area contributed by atoms with Crippen molar-refractivity contribution in [3.8, 4) is 6.07 Å². The molecule has 28 heavy (non-hydrogen) atoms. The highest BCUT2D eigenvalue weighted by molar-refractivity contribution is 5.78. The van der Waals surface area contributed by atoms with Crippen molar-refractivity contribution in [3.05, 3.63) is 35.4 Å². The Morgan fingerprint density at radius 1 is 1.32 bits per heavy atom. The van der Waals surface area contributed by atoms with Crippen molar-refractivity contribution in [1.29, 1.82) is 5.26 Å².